The van der Waals surface area contributed by atoms with Gasteiger partial charge >= 0.3 is 0 Å². The van der Waals surface area contributed by atoms with Crippen LogP contribution in [0.4, 0.5) is 4.39 Å². The average Bonchev–Trinajstić information content (AvgIpc) is 3.40. The van der Waals surface area contributed by atoms with Crippen LogP contribution in [-0.2, 0) is 13.0 Å². The van der Waals surface area contributed by atoms with E-state index < -0.39 is 0 Å². The molecule has 1 saturated carbocycles. The third kappa shape index (κ3) is 4.52. The summed E-state index contributed by atoms with van der Waals surface area (Å²) in [6, 6.07) is 17.7. The average molecular weight is 328 g/mol. The molecule has 2 aromatic rings. The maximum Gasteiger partial charge on any atom is 0.169 e. The molecule has 1 N–H and O–H groups in total. The number of hydrogen-bond acceptors (Lipinski definition) is 1. The van der Waals surface area contributed by atoms with Crippen LogP contribution in [0.15, 0.2) is 54.6 Å². The van der Waals surface area contributed by atoms with Gasteiger partial charge in [-0.2, -0.15) is 0 Å². The first-order valence-corrected chi connectivity index (χ1v) is 8.46. The molecule has 0 radical (unpaired) electrons. The SMILES string of the molecule is Fc1ccccc1CN(C(=S)NCCc1ccccc1)C1CC1. The zero-order chi connectivity index (χ0) is 16.1. The lowest BCUT2D eigenvalue weighted by molar-refractivity contribution is 0.387. The maximum atomic E-state index is 13.9. The summed E-state index contributed by atoms with van der Waals surface area (Å²) in [5, 5.41) is 4.06. The Bertz CT molecular complexity index is 655. The molecule has 1 aliphatic rings. The van der Waals surface area contributed by atoms with Gasteiger partial charge in [0.1, 0.15) is 5.82 Å². The molecular weight excluding hydrogens is 307 g/mol. The Hall–Kier alpha value is -1.94. The lowest BCUT2D eigenvalue weighted by Gasteiger charge is -2.26. The molecule has 1 aliphatic carbocycles. The molecule has 0 heterocycles. The Kier molecular flexibility index (Phi) is 5.23. The Morgan fingerprint density at radius 3 is 2.48 bits per heavy atom. The largest absolute Gasteiger partial charge is 0.362 e. The van der Waals surface area contributed by atoms with E-state index in [1.54, 1.807) is 6.07 Å². The summed E-state index contributed by atoms with van der Waals surface area (Å²) in [6.07, 6.45) is 3.20. The van der Waals surface area contributed by atoms with E-state index in [0.29, 0.717) is 18.2 Å². The van der Waals surface area contributed by atoms with Crippen molar-refractivity contribution in [1.82, 2.24) is 10.2 Å². The number of benzene rings is 2. The minimum absolute atomic E-state index is 0.162. The van der Waals surface area contributed by atoms with E-state index in [-0.39, 0.29) is 5.82 Å². The summed E-state index contributed by atoms with van der Waals surface area (Å²) in [4.78, 5) is 2.12. The zero-order valence-corrected chi connectivity index (χ0v) is 13.9. The van der Waals surface area contributed by atoms with Gasteiger partial charge in [0.05, 0.1) is 0 Å². The zero-order valence-electron chi connectivity index (χ0n) is 13.0. The molecule has 2 aromatic carbocycles. The molecule has 0 atom stereocenters. The molecular formula is C19H21FN2S. The lowest BCUT2D eigenvalue weighted by Crippen LogP contribution is -2.41. The second kappa shape index (κ2) is 7.55. The van der Waals surface area contributed by atoms with Crippen LogP contribution in [-0.4, -0.2) is 22.6 Å². The highest BCUT2D eigenvalue weighted by molar-refractivity contribution is 7.80. The Morgan fingerprint density at radius 2 is 1.78 bits per heavy atom. The third-order valence-corrected chi connectivity index (χ3v) is 4.46. The van der Waals surface area contributed by atoms with Crippen LogP contribution in [0.25, 0.3) is 0 Å². The summed E-state index contributed by atoms with van der Waals surface area (Å²) in [5.74, 6) is -0.162. The predicted octanol–water partition coefficient (Wildman–Crippen LogP) is 3.91. The number of nitrogens with zero attached hydrogens (tertiary/aromatic N) is 1. The minimum atomic E-state index is -0.162. The van der Waals surface area contributed by atoms with Crippen molar-refractivity contribution in [3.63, 3.8) is 0 Å². The second-order valence-electron chi connectivity index (χ2n) is 5.92. The number of hydrogen-bond donors (Lipinski definition) is 1. The summed E-state index contributed by atoms with van der Waals surface area (Å²) in [7, 11) is 0. The highest BCUT2D eigenvalue weighted by Crippen LogP contribution is 2.28. The summed E-state index contributed by atoms with van der Waals surface area (Å²) >= 11 is 5.54. The van der Waals surface area contributed by atoms with Crippen LogP contribution < -0.4 is 5.32 Å². The molecule has 0 spiro atoms. The molecule has 0 aliphatic heterocycles. The normalized spacial score (nSPS) is 13.6. The van der Waals surface area contributed by atoms with Crippen LogP contribution in [0, 0.1) is 5.82 Å². The third-order valence-electron chi connectivity index (χ3n) is 4.08. The van der Waals surface area contributed by atoms with E-state index in [0.717, 1.165) is 30.9 Å². The predicted molar refractivity (Wildman–Crippen MR) is 95.7 cm³/mol. The van der Waals surface area contributed by atoms with Gasteiger partial charge in [0.2, 0.25) is 0 Å². The molecule has 120 valence electrons. The minimum Gasteiger partial charge on any atom is -0.362 e. The molecule has 2 nitrogen and oxygen atoms in total. The van der Waals surface area contributed by atoms with Gasteiger partial charge in [-0.3, -0.25) is 0 Å². The lowest BCUT2D eigenvalue weighted by atomic mass is 10.1. The van der Waals surface area contributed by atoms with Crippen molar-refractivity contribution >= 4 is 17.3 Å². The number of halogens is 1. The number of rotatable bonds is 6. The highest BCUT2D eigenvalue weighted by atomic mass is 32.1. The van der Waals surface area contributed by atoms with E-state index in [1.165, 1.54) is 11.6 Å². The van der Waals surface area contributed by atoms with Crippen molar-refractivity contribution in [2.75, 3.05) is 6.54 Å². The Balaban J connectivity index is 1.56. The molecule has 0 aromatic heterocycles. The van der Waals surface area contributed by atoms with Crippen molar-refractivity contribution in [3.8, 4) is 0 Å². The van der Waals surface area contributed by atoms with E-state index in [1.807, 2.05) is 30.3 Å². The summed E-state index contributed by atoms with van der Waals surface area (Å²) in [6.45, 7) is 1.33. The molecule has 3 rings (SSSR count). The van der Waals surface area contributed by atoms with Crippen molar-refractivity contribution in [2.24, 2.45) is 0 Å². The standard InChI is InChI=1S/C19H21FN2S/c20-18-9-5-4-8-16(18)14-22(17-10-11-17)19(23)21-13-12-15-6-2-1-3-7-15/h1-9,17H,10-14H2,(H,21,23). The maximum absolute atomic E-state index is 13.9. The molecule has 4 heteroatoms. The number of nitrogens with one attached hydrogen (secondary N) is 1. The van der Waals surface area contributed by atoms with Gasteiger partial charge in [-0.15, -0.1) is 0 Å². The molecule has 0 bridgehead atoms. The van der Waals surface area contributed by atoms with Gasteiger partial charge in [-0.1, -0.05) is 48.5 Å². The topological polar surface area (TPSA) is 15.3 Å². The first-order valence-electron chi connectivity index (χ1n) is 8.06. The molecule has 0 amide bonds. The Labute approximate surface area is 142 Å². The van der Waals surface area contributed by atoms with Gasteiger partial charge in [0.15, 0.2) is 5.11 Å². The van der Waals surface area contributed by atoms with Crippen LogP contribution >= 0.6 is 12.2 Å². The first kappa shape index (κ1) is 15.9. The van der Waals surface area contributed by atoms with Gasteiger partial charge in [0, 0.05) is 24.7 Å². The van der Waals surface area contributed by atoms with Crippen LogP contribution in [0.2, 0.25) is 0 Å². The molecule has 0 saturated heterocycles. The van der Waals surface area contributed by atoms with Gasteiger partial charge in [0.25, 0.3) is 0 Å². The van der Waals surface area contributed by atoms with Crippen molar-refractivity contribution in [1.29, 1.82) is 0 Å². The van der Waals surface area contributed by atoms with E-state index in [4.69, 9.17) is 12.2 Å². The summed E-state index contributed by atoms with van der Waals surface area (Å²) < 4.78 is 13.9. The van der Waals surface area contributed by atoms with Gasteiger partial charge in [-0.05, 0) is 43.1 Å². The van der Waals surface area contributed by atoms with Crippen LogP contribution in [0.3, 0.4) is 0 Å². The molecule has 1 fully saturated rings. The van der Waals surface area contributed by atoms with Crippen molar-refractivity contribution in [3.05, 3.63) is 71.5 Å². The number of thiocarbonyl (C=S) groups is 1. The molecule has 23 heavy (non-hydrogen) atoms. The monoisotopic (exact) mass is 328 g/mol. The molecule has 0 unspecified atom stereocenters. The summed E-state index contributed by atoms with van der Waals surface area (Å²) in [5.41, 5.74) is 1.99. The van der Waals surface area contributed by atoms with E-state index in [9.17, 15) is 4.39 Å². The van der Waals surface area contributed by atoms with Crippen LogP contribution in [0.5, 0.6) is 0 Å². The first-order chi connectivity index (χ1) is 11.2. The van der Waals surface area contributed by atoms with Gasteiger partial charge < -0.3 is 10.2 Å². The van der Waals surface area contributed by atoms with E-state index in [2.05, 4.69) is 22.3 Å². The highest BCUT2D eigenvalue weighted by Gasteiger charge is 2.31. The van der Waals surface area contributed by atoms with Crippen LogP contribution in [0.1, 0.15) is 24.0 Å². The quantitative estimate of drug-likeness (QED) is 0.810. The van der Waals surface area contributed by atoms with E-state index >= 15 is 0 Å². The smallest absolute Gasteiger partial charge is 0.169 e. The van der Waals surface area contributed by atoms with Crippen molar-refractivity contribution in [2.45, 2.75) is 31.8 Å². The fraction of sp³-hybridized carbons (Fsp3) is 0.316. The Morgan fingerprint density at radius 1 is 1.09 bits per heavy atom. The fourth-order valence-corrected chi connectivity index (χ4v) is 2.94. The van der Waals surface area contributed by atoms with Gasteiger partial charge in [-0.25, -0.2) is 4.39 Å². The second-order valence-corrected chi connectivity index (χ2v) is 6.30. The van der Waals surface area contributed by atoms with Crippen molar-refractivity contribution < 1.29 is 4.39 Å². The fourth-order valence-electron chi connectivity index (χ4n) is 2.62.